The standard InChI is InChI=1S/C13H11NO2S/c1-2-17-14-10-6-4-3-5-9(10)13-12(14)11(15)7-8-16-13/h3-8H,2H2,1H3. The van der Waals surface area contributed by atoms with Crippen LogP contribution < -0.4 is 5.43 Å². The van der Waals surface area contributed by atoms with E-state index in [1.165, 1.54) is 12.3 Å². The molecule has 0 spiro atoms. The zero-order valence-electron chi connectivity index (χ0n) is 9.34. The average molecular weight is 245 g/mol. The second-order valence-corrected chi connectivity index (χ2v) is 4.89. The number of hydrogen-bond acceptors (Lipinski definition) is 3. The Kier molecular flexibility index (Phi) is 2.44. The molecule has 0 saturated heterocycles. The van der Waals surface area contributed by atoms with Crippen LogP contribution >= 0.6 is 11.9 Å². The summed E-state index contributed by atoms with van der Waals surface area (Å²) in [6, 6.07) is 9.38. The molecule has 3 nitrogen and oxygen atoms in total. The fraction of sp³-hybridized carbons (Fsp3) is 0.154. The molecule has 0 aliphatic carbocycles. The third-order valence-corrected chi connectivity index (χ3v) is 3.58. The van der Waals surface area contributed by atoms with Crippen molar-refractivity contribution in [2.24, 2.45) is 0 Å². The van der Waals surface area contributed by atoms with Gasteiger partial charge in [0.05, 0.1) is 11.8 Å². The van der Waals surface area contributed by atoms with Crippen molar-refractivity contribution in [3.05, 3.63) is 46.8 Å². The molecule has 86 valence electrons. The van der Waals surface area contributed by atoms with Gasteiger partial charge >= 0.3 is 0 Å². The van der Waals surface area contributed by atoms with Crippen LogP contribution in [0.4, 0.5) is 0 Å². The van der Waals surface area contributed by atoms with Gasteiger partial charge in [-0.05, 0) is 24.1 Å². The summed E-state index contributed by atoms with van der Waals surface area (Å²) < 4.78 is 7.47. The van der Waals surface area contributed by atoms with E-state index in [1.807, 2.05) is 28.2 Å². The maximum absolute atomic E-state index is 11.9. The van der Waals surface area contributed by atoms with Crippen molar-refractivity contribution in [2.45, 2.75) is 6.92 Å². The van der Waals surface area contributed by atoms with Gasteiger partial charge in [0.15, 0.2) is 5.58 Å². The van der Waals surface area contributed by atoms with E-state index in [0.717, 1.165) is 16.7 Å². The molecule has 0 atom stereocenters. The van der Waals surface area contributed by atoms with Gasteiger partial charge in [0.1, 0.15) is 5.52 Å². The molecule has 17 heavy (non-hydrogen) atoms. The van der Waals surface area contributed by atoms with E-state index in [9.17, 15) is 4.79 Å². The first-order valence-corrected chi connectivity index (χ1v) is 6.41. The first-order valence-electron chi connectivity index (χ1n) is 5.47. The summed E-state index contributed by atoms with van der Waals surface area (Å²) in [7, 11) is 0. The molecule has 0 radical (unpaired) electrons. The summed E-state index contributed by atoms with van der Waals surface area (Å²) in [4.78, 5) is 11.9. The molecular formula is C13H11NO2S. The van der Waals surface area contributed by atoms with Gasteiger partial charge < -0.3 is 4.42 Å². The minimum Gasteiger partial charge on any atom is -0.462 e. The number of para-hydroxylation sites is 1. The van der Waals surface area contributed by atoms with Gasteiger partial charge in [-0.2, -0.15) is 0 Å². The molecule has 0 aliphatic rings. The molecule has 3 rings (SSSR count). The van der Waals surface area contributed by atoms with Crippen molar-refractivity contribution < 1.29 is 4.42 Å². The normalized spacial score (nSPS) is 11.4. The van der Waals surface area contributed by atoms with Crippen molar-refractivity contribution in [1.29, 1.82) is 0 Å². The first-order chi connectivity index (χ1) is 8.33. The van der Waals surface area contributed by atoms with Crippen LogP contribution in [-0.4, -0.2) is 9.73 Å². The molecule has 0 saturated carbocycles. The second-order valence-electron chi connectivity index (χ2n) is 3.69. The lowest BCUT2D eigenvalue weighted by Crippen LogP contribution is -2.02. The molecule has 0 unspecified atom stereocenters. The molecule has 2 heterocycles. The van der Waals surface area contributed by atoms with Crippen LogP contribution in [0.15, 0.2) is 45.8 Å². The van der Waals surface area contributed by atoms with Crippen LogP contribution in [0.25, 0.3) is 22.0 Å². The average Bonchev–Trinajstić information content (AvgIpc) is 2.67. The highest BCUT2D eigenvalue weighted by atomic mass is 32.2. The van der Waals surface area contributed by atoms with E-state index in [4.69, 9.17) is 4.42 Å². The summed E-state index contributed by atoms with van der Waals surface area (Å²) >= 11 is 1.61. The van der Waals surface area contributed by atoms with Crippen LogP contribution in [0.1, 0.15) is 6.92 Å². The highest BCUT2D eigenvalue weighted by Crippen LogP contribution is 2.30. The first kappa shape index (κ1) is 10.5. The van der Waals surface area contributed by atoms with Gasteiger partial charge in [-0.3, -0.25) is 8.77 Å². The Hall–Kier alpha value is -1.68. The Labute approximate surface area is 102 Å². The molecule has 0 N–H and O–H groups in total. The Morgan fingerprint density at radius 3 is 2.94 bits per heavy atom. The molecule has 0 amide bonds. The van der Waals surface area contributed by atoms with E-state index >= 15 is 0 Å². The molecule has 0 fully saturated rings. The van der Waals surface area contributed by atoms with Crippen molar-refractivity contribution in [3.63, 3.8) is 0 Å². The Balaban J connectivity index is 2.58. The Bertz CT molecular complexity index is 742. The lowest BCUT2D eigenvalue weighted by atomic mass is 10.2. The highest BCUT2D eigenvalue weighted by molar-refractivity contribution is 7.98. The molecule has 1 aromatic carbocycles. The summed E-state index contributed by atoms with van der Waals surface area (Å²) in [5, 5.41) is 0.987. The van der Waals surface area contributed by atoms with Gasteiger partial charge in [-0.25, -0.2) is 0 Å². The zero-order chi connectivity index (χ0) is 11.8. The van der Waals surface area contributed by atoms with Gasteiger partial charge in [-0.15, -0.1) is 0 Å². The molecular weight excluding hydrogens is 234 g/mol. The van der Waals surface area contributed by atoms with Crippen LogP contribution in [-0.2, 0) is 0 Å². The third-order valence-electron chi connectivity index (χ3n) is 2.68. The number of fused-ring (bicyclic) bond motifs is 3. The minimum atomic E-state index is 0.00315. The predicted octanol–water partition coefficient (Wildman–Crippen LogP) is 3.26. The predicted molar refractivity (Wildman–Crippen MR) is 71.5 cm³/mol. The largest absolute Gasteiger partial charge is 0.462 e. The summed E-state index contributed by atoms with van der Waals surface area (Å²) in [6.07, 6.45) is 1.46. The lowest BCUT2D eigenvalue weighted by molar-refractivity contribution is 0.606. The Morgan fingerprint density at radius 1 is 1.29 bits per heavy atom. The molecule has 4 heteroatoms. The van der Waals surface area contributed by atoms with Crippen LogP contribution in [0.5, 0.6) is 0 Å². The molecule has 0 bridgehead atoms. The molecule has 3 aromatic rings. The van der Waals surface area contributed by atoms with Crippen LogP contribution in [0, 0.1) is 0 Å². The van der Waals surface area contributed by atoms with Crippen molar-refractivity contribution in [3.8, 4) is 0 Å². The van der Waals surface area contributed by atoms with Gasteiger partial charge in [0.2, 0.25) is 5.43 Å². The van der Waals surface area contributed by atoms with Crippen molar-refractivity contribution in [2.75, 3.05) is 5.75 Å². The number of nitrogens with zero attached hydrogens (tertiary/aromatic N) is 1. The van der Waals surface area contributed by atoms with E-state index < -0.39 is 0 Å². The van der Waals surface area contributed by atoms with Crippen LogP contribution in [0.3, 0.4) is 0 Å². The van der Waals surface area contributed by atoms with Gasteiger partial charge in [0.25, 0.3) is 0 Å². The summed E-state index contributed by atoms with van der Waals surface area (Å²) in [5.41, 5.74) is 2.35. The fourth-order valence-corrected chi connectivity index (χ4v) is 2.88. The summed E-state index contributed by atoms with van der Waals surface area (Å²) in [6.45, 7) is 2.07. The van der Waals surface area contributed by atoms with Crippen LogP contribution in [0.2, 0.25) is 0 Å². The number of aromatic nitrogens is 1. The van der Waals surface area contributed by atoms with Gasteiger partial charge in [-0.1, -0.05) is 19.1 Å². The van der Waals surface area contributed by atoms with Crippen molar-refractivity contribution >= 4 is 34.0 Å². The quantitative estimate of drug-likeness (QED) is 0.695. The summed E-state index contributed by atoms with van der Waals surface area (Å²) in [5.74, 6) is 0.905. The molecule has 2 aromatic heterocycles. The zero-order valence-corrected chi connectivity index (χ0v) is 10.2. The number of rotatable bonds is 2. The Morgan fingerprint density at radius 2 is 2.12 bits per heavy atom. The van der Waals surface area contributed by atoms with Gasteiger partial charge in [0, 0.05) is 17.2 Å². The number of hydrogen-bond donors (Lipinski definition) is 0. The SMILES string of the molecule is CCSn1c2ccccc2c2occc(=O)c21. The fourth-order valence-electron chi connectivity index (χ4n) is 2.02. The van der Waals surface area contributed by atoms with E-state index in [0.29, 0.717) is 11.1 Å². The lowest BCUT2D eigenvalue weighted by Gasteiger charge is -2.01. The minimum absolute atomic E-state index is 0.00315. The maximum atomic E-state index is 11.9. The van der Waals surface area contributed by atoms with E-state index in [-0.39, 0.29) is 5.43 Å². The maximum Gasteiger partial charge on any atom is 0.210 e. The smallest absolute Gasteiger partial charge is 0.210 e. The highest BCUT2D eigenvalue weighted by Gasteiger charge is 2.14. The van der Waals surface area contributed by atoms with E-state index in [1.54, 1.807) is 11.9 Å². The topological polar surface area (TPSA) is 35.1 Å². The number of benzene rings is 1. The third kappa shape index (κ3) is 1.48. The van der Waals surface area contributed by atoms with Crippen molar-refractivity contribution in [1.82, 2.24) is 3.97 Å². The second kappa shape index (κ2) is 3.96. The molecule has 0 aliphatic heterocycles. The monoisotopic (exact) mass is 245 g/mol. The van der Waals surface area contributed by atoms with E-state index in [2.05, 4.69) is 6.92 Å².